The number of hydrogen-bond donors (Lipinski definition) is 1. The van der Waals surface area contributed by atoms with Gasteiger partial charge in [0.15, 0.2) is 0 Å². The Morgan fingerprint density at radius 1 is 1.33 bits per heavy atom. The third-order valence-electron chi connectivity index (χ3n) is 3.12. The van der Waals surface area contributed by atoms with E-state index < -0.39 is 5.97 Å². The van der Waals surface area contributed by atoms with Gasteiger partial charge in [-0.25, -0.2) is 14.8 Å². The monoisotopic (exact) mass is 282 g/mol. The van der Waals surface area contributed by atoms with Crippen molar-refractivity contribution >= 4 is 22.7 Å². The molecule has 6 nitrogen and oxygen atoms in total. The van der Waals surface area contributed by atoms with Crippen LogP contribution in [0, 0.1) is 0 Å². The highest BCUT2D eigenvalue weighted by Crippen LogP contribution is 2.20. The normalized spacial score (nSPS) is 10.7. The molecule has 2 N–H and O–H groups in total. The lowest BCUT2D eigenvalue weighted by molar-refractivity contribution is 0.0527. The fourth-order valence-electron chi connectivity index (χ4n) is 2.11. The molecule has 0 saturated carbocycles. The molecule has 3 aromatic rings. The molecule has 0 aliphatic carbocycles. The van der Waals surface area contributed by atoms with Crippen molar-refractivity contribution in [1.82, 2.24) is 14.5 Å². The van der Waals surface area contributed by atoms with Gasteiger partial charge in [0.05, 0.1) is 35.1 Å². The van der Waals surface area contributed by atoms with E-state index in [9.17, 15) is 4.79 Å². The zero-order valence-corrected chi connectivity index (χ0v) is 11.5. The second kappa shape index (κ2) is 5.24. The number of nitrogens with two attached hydrogens (primary N) is 1. The van der Waals surface area contributed by atoms with Crippen LogP contribution in [0.1, 0.15) is 17.3 Å². The molecule has 2 aromatic heterocycles. The van der Waals surface area contributed by atoms with Crippen LogP contribution in [0.4, 0.5) is 5.69 Å². The Hall–Kier alpha value is -2.89. The predicted molar refractivity (Wildman–Crippen MR) is 79.2 cm³/mol. The van der Waals surface area contributed by atoms with Crippen molar-refractivity contribution in [2.45, 2.75) is 6.92 Å². The molecule has 0 radical (unpaired) electrons. The minimum Gasteiger partial charge on any atom is -0.462 e. The number of anilines is 1. The summed E-state index contributed by atoms with van der Waals surface area (Å²) in [6.45, 7) is 2.05. The van der Waals surface area contributed by atoms with Crippen molar-refractivity contribution in [3.63, 3.8) is 0 Å². The van der Waals surface area contributed by atoms with Crippen molar-refractivity contribution in [3.8, 4) is 5.82 Å². The van der Waals surface area contributed by atoms with Crippen molar-refractivity contribution in [2.75, 3.05) is 12.3 Å². The highest BCUT2D eigenvalue weighted by atomic mass is 16.5. The SMILES string of the molecule is CCOC(=O)c1cc(-n2cnc3ccccc32)ncc1N. The first-order valence-electron chi connectivity index (χ1n) is 6.56. The average molecular weight is 282 g/mol. The summed E-state index contributed by atoms with van der Waals surface area (Å²) in [7, 11) is 0. The minimum atomic E-state index is -0.455. The van der Waals surface area contributed by atoms with Crippen LogP contribution in [0.5, 0.6) is 0 Å². The maximum atomic E-state index is 11.9. The number of benzene rings is 1. The summed E-state index contributed by atoms with van der Waals surface area (Å²) >= 11 is 0. The molecule has 3 rings (SSSR count). The van der Waals surface area contributed by atoms with E-state index in [2.05, 4.69) is 9.97 Å². The van der Waals surface area contributed by atoms with Gasteiger partial charge in [-0.3, -0.25) is 4.57 Å². The number of pyridine rings is 1. The molecule has 0 spiro atoms. The van der Waals surface area contributed by atoms with Crippen molar-refractivity contribution in [2.24, 2.45) is 0 Å². The van der Waals surface area contributed by atoms with Gasteiger partial charge in [0.25, 0.3) is 0 Å². The van der Waals surface area contributed by atoms with Gasteiger partial charge in [0.1, 0.15) is 12.1 Å². The Morgan fingerprint density at radius 3 is 2.95 bits per heavy atom. The molecule has 0 amide bonds. The van der Waals surface area contributed by atoms with Crippen LogP contribution in [0.15, 0.2) is 42.9 Å². The van der Waals surface area contributed by atoms with E-state index in [1.54, 1.807) is 23.9 Å². The summed E-state index contributed by atoms with van der Waals surface area (Å²) in [5.74, 6) is 0.115. The Morgan fingerprint density at radius 2 is 2.14 bits per heavy atom. The first-order valence-corrected chi connectivity index (χ1v) is 6.56. The molecule has 6 heteroatoms. The highest BCUT2D eigenvalue weighted by molar-refractivity contribution is 5.95. The maximum Gasteiger partial charge on any atom is 0.340 e. The van der Waals surface area contributed by atoms with Crippen LogP contribution >= 0.6 is 0 Å². The van der Waals surface area contributed by atoms with Gasteiger partial charge in [-0.1, -0.05) is 12.1 Å². The molecular weight excluding hydrogens is 268 g/mol. The summed E-state index contributed by atoms with van der Waals surface area (Å²) in [4.78, 5) is 20.5. The second-order valence-electron chi connectivity index (χ2n) is 4.45. The molecule has 0 atom stereocenters. The Bertz CT molecular complexity index is 810. The summed E-state index contributed by atoms with van der Waals surface area (Å²) in [6, 6.07) is 9.30. The van der Waals surface area contributed by atoms with Gasteiger partial charge in [-0.2, -0.15) is 0 Å². The second-order valence-corrected chi connectivity index (χ2v) is 4.45. The number of nitrogen functional groups attached to an aromatic ring is 1. The number of fused-ring (bicyclic) bond motifs is 1. The smallest absolute Gasteiger partial charge is 0.340 e. The number of para-hydroxylation sites is 2. The molecule has 0 bridgehead atoms. The largest absolute Gasteiger partial charge is 0.462 e. The fourth-order valence-corrected chi connectivity index (χ4v) is 2.11. The molecule has 106 valence electrons. The van der Waals surface area contributed by atoms with Crippen molar-refractivity contribution in [3.05, 3.63) is 48.4 Å². The number of nitrogens with zero attached hydrogens (tertiary/aromatic N) is 3. The molecular formula is C15H14N4O2. The Labute approximate surface area is 121 Å². The van der Waals surface area contributed by atoms with Crippen LogP contribution in [-0.4, -0.2) is 27.1 Å². The number of rotatable bonds is 3. The van der Waals surface area contributed by atoms with E-state index in [0.717, 1.165) is 11.0 Å². The first-order chi connectivity index (χ1) is 10.2. The number of hydrogen-bond acceptors (Lipinski definition) is 5. The van der Waals surface area contributed by atoms with Gasteiger partial charge in [0.2, 0.25) is 0 Å². The molecule has 0 aliphatic heterocycles. The van der Waals surface area contributed by atoms with Gasteiger partial charge in [-0.15, -0.1) is 0 Å². The average Bonchev–Trinajstić information content (AvgIpc) is 2.92. The van der Waals surface area contributed by atoms with Gasteiger partial charge < -0.3 is 10.5 Å². The lowest BCUT2D eigenvalue weighted by atomic mass is 10.2. The summed E-state index contributed by atoms with van der Waals surface area (Å²) in [5.41, 5.74) is 8.16. The summed E-state index contributed by atoms with van der Waals surface area (Å²) in [5, 5.41) is 0. The topological polar surface area (TPSA) is 83.0 Å². The van der Waals surface area contributed by atoms with Gasteiger partial charge >= 0.3 is 5.97 Å². The molecule has 0 fully saturated rings. The highest BCUT2D eigenvalue weighted by Gasteiger charge is 2.14. The lowest BCUT2D eigenvalue weighted by Gasteiger charge is -2.08. The molecule has 0 saturated heterocycles. The number of esters is 1. The number of carbonyl (C=O) groups excluding carboxylic acids is 1. The standard InChI is InChI=1S/C15H14N4O2/c1-2-21-15(20)10-7-14(17-8-11(10)16)19-9-18-12-5-3-4-6-13(12)19/h3-9H,2,16H2,1H3. The van der Waals surface area contributed by atoms with Crippen LogP contribution in [0.2, 0.25) is 0 Å². The third kappa shape index (κ3) is 2.31. The molecule has 2 heterocycles. The number of aromatic nitrogens is 3. The summed E-state index contributed by atoms with van der Waals surface area (Å²) < 4.78 is 6.80. The molecule has 21 heavy (non-hydrogen) atoms. The van der Waals surface area contributed by atoms with Crippen LogP contribution in [0.3, 0.4) is 0 Å². The first kappa shape index (κ1) is 13.1. The van der Waals surface area contributed by atoms with E-state index in [-0.39, 0.29) is 0 Å². The maximum absolute atomic E-state index is 11.9. The number of imidazole rings is 1. The van der Waals surface area contributed by atoms with Crippen LogP contribution in [0.25, 0.3) is 16.9 Å². The zero-order valence-electron chi connectivity index (χ0n) is 11.5. The van der Waals surface area contributed by atoms with E-state index in [4.69, 9.17) is 10.5 Å². The quantitative estimate of drug-likeness (QED) is 0.744. The van der Waals surface area contributed by atoms with E-state index in [1.165, 1.54) is 6.20 Å². The lowest BCUT2D eigenvalue weighted by Crippen LogP contribution is -2.10. The van der Waals surface area contributed by atoms with E-state index in [0.29, 0.717) is 23.7 Å². The summed E-state index contributed by atoms with van der Waals surface area (Å²) in [6.07, 6.45) is 3.12. The predicted octanol–water partition coefficient (Wildman–Crippen LogP) is 2.18. The van der Waals surface area contributed by atoms with Crippen molar-refractivity contribution < 1.29 is 9.53 Å². The van der Waals surface area contributed by atoms with Gasteiger partial charge in [-0.05, 0) is 25.1 Å². The van der Waals surface area contributed by atoms with Gasteiger partial charge in [0, 0.05) is 0 Å². The number of carbonyl (C=O) groups is 1. The number of ether oxygens (including phenoxy) is 1. The van der Waals surface area contributed by atoms with E-state index >= 15 is 0 Å². The minimum absolute atomic E-state index is 0.293. The van der Waals surface area contributed by atoms with E-state index in [1.807, 2.05) is 24.3 Å². The Balaban J connectivity index is 2.11. The van der Waals surface area contributed by atoms with Crippen LogP contribution in [-0.2, 0) is 4.74 Å². The molecule has 0 unspecified atom stereocenters. The Kier molecular flexibility index (Phi) is 3.27. The van der Waals surface area contributed by atoms with Crippen molar-refractivity contribution in [1.29, 1.82) is 0 Å². The molecule has 0 aliphatic rings. The zero-order chi connectivity index (χ0) is 14.8. The third-order valence-corrected chi connectivity index (χ3v) is 3.12. The van der Waals surface area contributed by atoms with Crippen LogP contribution < -0.4 is 5.73 Å². The molecule has 1 aromatic carbocycles. The fraction of sp³-hybridized carbons (Fsp3) is 0.133.